The second-order valence-electron chi connectivity index (χ2n) is 8.67. The summed E-state index contributed by atoms with van der Waals surface area (Å²) < 4.78 is 11.9. The molecule has 178 valence electrons. The summed E-state index contributed by atoms with van der Waals surface area (Å²) in [4.78, 5) is 26.3. The maximum Gasteiger partial charge on any atom is 0.251 e. The van der Waals surface area contributed by atoms with E-state index in [9.17, 15) is 4.79 Å². The Labute approximate surface area is 207 Å². The van der Waals surface area contributed by atoms with Crippen LogP contribution >= 0.6 is 11.3 Å². The molecule has 9 heteroatoms. The van der Waals surface area contributed by atoms with Crippen molar-refractivity contribution >= 4 is 32.6 Å². The largest absolute Gasteiger partial charge is 0.454 e. The molecule has 0 aliphatic carbocycles. The highest BCUT2D eigenvalue weighted by Gasteiger charge is 2.21. The second-order valence-corrected chi connectivity index (χ2v) is 9.68. The van der Waals surface area contributed by atoms with Crippen LogP contribution in [-0.2, 0) is 13.1 Å². The normalized spacial score (nSPS) is 15.5. The zero-order valence-corrected chi connectivity index (χ0v) is 20.0. The summed E-state index contributed by atoms with van der Waals surface area (Å²) in [5.74, 6) is 1.56. The number of pyridine rings is 1. The highest BCUT2D eigenvalue weighted by atomic mass is 32.1. The van der Waals surface area contributed by atoms with Crippen LogP contribution in [0.4, 0.5) is 5.13 Å². The van der Waals surface area contributed by atoms with E-state index >= 15 is 0 Å². The topological polar surface area (TPSA) is 79.8 Å². The number of nitrogens with one attached hydrogen (secondary N) is 1. The summed E-state index contributed by atoms with van der Waals surface area (Å²) in [6.45, 7) is 5.42. The third kappa shape index (κ3) is 4.78. The van der Waals surface area contributed by atoms with Crippen molar-refractivity contribution < 1.29 is 14.3 Å². The molecule has 1 saturated heterocycles. The van der Waals surface area contributed by atoms with Gasteiger partial charge in [-0.2, -0.15) is 0 Å². The molecule has 6 rings (SSSR count). The van der Waals surface area contributed by atoms with E-state index in [0.29, 0.717) is 18.9 Å². The molecule has 2 aromatic heterocycles. The molecule has 8 nitrogen and oxygen atoms in total. The molecule has 1 fully saturated rings. The van der Waals surface area contributed by atoms with Crippen LogP contribution in [0.15, 0.2) is 60.9 Å². The Morgan fingerprint density at radius 3 is 2.74 bits per heavy atom. The number of amides is 1. The number of carbonyl (C=O) groups excluding carboxylic acids is 1. The first kappa shape index (κ1) is 21.8. The van der Waals surface area contributed by atoms with Crippen LogP contribution in [0, 0.1) is 0 Å². The van der Waals surface area contributed by atoms with Crippen LogP contribution in [0.1, 0.15) is 21.5 Å². The van der Waals surface area contributed by atoms with Gasteiger partial charge in [0, 0.05) is 57.2 Å². The summed E-state index contributed by atoms with van der Waals surface area (Å²) in [6, 6.07) is 15.7. The number of benzene rings is 2. The number of nitrogens with zero attached hydrogens (tertiary/aromatic N) is 4. The average Bonchev–Trinajstić information content (AvgIpc) is 3.54. The maximum absolute atomic E-state index is 12.6. The van der Waals surface area contributed by atoms with Gasteiger partial charge in [0.05, 0.1) is 10.2 Å². The predicted molar refractivity (Wildman–Crippen MR) is 135 cm³/mol. The number of thiazole rings is 1. The molecule has 2 aliphatic rings. The minimum Gasteiger partial charge on any atom is -0.454 e. The van der Waals surface area contributed by atoms with Crippen LogP contribution in [0.25, 0.3) is 10.2 Å². The quantitative estimate of drug-likeness (QED) is 0.445. The molecule has 0 saturated carbocycles. The zero-order chi connectivity index (χ0) is 23.6. The molecule has 0 bridgehead atoms. The maximum atomic E-state index is 12.6. The summed E-state index contributed by atoms with van der Waals surface area (Å²) in [7, 11) is 0. The Hall–Kier alpha value is -3.69. The minimum atomic E-state index is -0.0946. The lowest BCUT2D eigenvalue weighted by molar-refractivity contribution is 0.0951. The minimum absolute atomic E-state index is 0.0946. The van der Waals surface area contributed by atoms with Crippen molar-refractivity contribution in [1.82, 2.24) is 20.2 Å². The second kappa shape index (κ2) is 9.52. The van der Waals surface area contributed by atoms with Gasteiger partial charge in [0.1, 0.15) is 0 Å². The van der Waals surface area contributed by atoms with Gasteiger partial charge < -0.3 is 19.7 Å². The number of anilines is 1. The Morgan fingerprint density at radius 2 is 1.89 bits per heavy atom. The number of piperazine rings is 1. The highest BCUT2D eigenvalue weighted by molar-refractivity contribution is 7.22. The molecule has 0 radical (unpaired) electrons. The van der Waals surface area contributed by atoms with Crippen molar-refractivity contribution in [2.75, 3.05) is 37.9 Å². The fourth-order valence-electron chi connectivity index (χ4n) is 4.37. The number of fused-ring (bicyclic) bond motifs is 2. The standard InChI is InChI=1S/C26H25N5O3S/c32-25(28-15-19-2-1-7-27-14-19)20-4-5-21-24(13-20)35-26(29-21)31-10-8-30(9-11-31)16-18-3-6-22-23(12-18)34-17-33-22/h1-7,12-14H,8-11,15-17H2,(H,28,32). The number of hydrogen-bond acceptors (Lipinski definition) is 8. The van der Waals surface area contributed by atoms with Gasteiger partial charge in [0.2, 0.25) is 6.79 Å². The van der Waals surface area contributed by atoms with Gasteiger partial charge in [-0.1, -0.05) is 23.5 Å². The van der Waals surface area contributed by atoms with Crippen LogP contribution in [0.3, 0.4) is 0 Å². The Morgan fingerprint density at radius 1 is 1.00 bits per heavy atom. The van der Waals surface area contributed by atoms with Crippen molar-refractivity contribution in [2.45, 2.75) is 13.1 Å². The molecule has 0 spiro atoms. The summed E-state index contributed by atoms with van der Waals surface area (Å²) in [6.07, 6.45) is 3.48. The molecule has 2 aliphatic heterocycles. The van der Waals surface area contributed by atoms with Gasteiger partial charge >= 0.3 is 0 Å². The molecule has 35 heavy (non-hydrogen) atoms. The first-order chi connectivity index (χ1) is 17.2. The molecule has 0 atom stereocenters. The van der Waals surface area contributed by atoms with Gasteiger partial charge in [0.25, 0.3) is 5.91 Å². The van der Waals surface area contributed by atoms with E-state index in [1.54, 1.807) is 23.7 Å². The van der Waals surface area contributed by atoms with E-state index < -0.39 is 0 Å². The smallest absolute Gasteiger partial charge is 0.251 e. The van der Waals surface area contributed by atoms with E-state index in [2.05, 4.69) is 32.2 Å². The fourth-order valence-corrected chi connectivity index (χ4v) is 5.43. The molecule has 4 heterocycles. The van der Waals surface area contributed by atoms with Crippen LogP contribution in [0.2, 0.25) is 0 Å². The van der Waals surface area contributed by atoms with Crippen molar-refractivity contribution in [1.29, 1.82) is 0 Å². The molecular weight excluding hydrogens is 462 g/mol. The Kier molecular flexibility index (Phi) is 5.93. The number of ether oxygens (including phenoxy) is 2. The molecule has 4 aromatic rings. The lowest BCUT2D eigenvalue weighted by Gasteiger charge is -2.34. The summed E-state index contributed by atoms with van der Waals surface area (Å²) in [5, 5.41) is 3.97. The highest BCUT2D eigenvalue weighted by Crippen LogP contribution is 2.33. The van der Waals surface area contributed by atoms with E-state index in [1.807, 2.05) is 36.4 Å². The number of carbonyl (C=O) groups is 1. The van der Waals surface area contributed by atoms with Crippen molar-refractivity contribution in [3.05, 3.63) is 77.6 Å². The first-order valence-electron chi connectivity index (χ1n) is 11.6. The van der Waals surface area contributed by atoms with Crippen LogP contribution in [0.5, 0.6) is 11.5 Å². The molecule has 1 N–H and O–H groups in total. The van der Waals surface area contributed by atoms with E-state index in [1.165, 1.54) is 5.56 Å². The average molecular weight is 488 g/mol. The van der Waals surface area contributed by atoms with Crippen molar-refractivity contribution in [3.8, 4) is 11.5 Å². The fraction of sp³-hybridized carbons (Fsp3) is 0.269. The molecule has 1 amide bonds. The first-order valence-corrected chi connectivity index (χ1v) is 12.5. The molecular formula is C26H25N5O3S. The Bertz CT molecular complexity index is 1350. The van der Waals surface area contributed by atoms with Gasteiger partial charge in [-0.25, -0.2) is 4.98 Å². The number of rotatable bonds is 6. The summed E-state index contributed by atoms with van der Waals surface area (Å²) >= 11 is 1.64. The van der Waals surface area contributed by atoms with Crippen LogP contribution in [-0.4, -0.2) is 53.7 Å². The van der Waals surface area contributed by atoms with Gasteiger partial charge in [0.15, 0.2) is 16.6 Å². The predicted octanol–water partition coefficient (Wildman–Crippen LogP) is 3.67. The number of hydrogen-bond donors (Lipinski definition) is 1. The van der Waals surface area contributed by atoms with Crippen molar-refractivity contribution in [3.63, 3.8) is 0 Å². The van der Waals surface area contributed by atoms with Gasteiger partial charge in [-0.05, 0) is 47.5 Å². The van der Waals surface area contributed by atoms with E-state index in [0.717, 1.165) is 65.1 Å². The lowest BCUT2D eigenvalue weighted by Crippen LogP contribution is -2.45. The monoisotopic (exact) mass is 487 g/mol. The van der Waals surface area contributed by atoms with Gasteiger partial charge in [-0.15, -0.1) is 0 Å². The lowest BCUT2D eigenvalue weighted by atomic mass is 10.1. The van der Waals surface area contributed by atoms with E-state index in [-0.39, 0.29) is 5.91 Å². The van der Waals surface area contributed by atoms with Crippen molar-refractivity contribution in [2.24, 2.45) is 0 Å². The number of aromatic nitrogens is 2. The summed E-state index contributed by atoms with van der Waals surface area (Å²) in [5.41, 5.74) is 3.78. The van der Waals surface area contributed by atoms with Gasteiger partial charge in [-0.3, -0.25) is 14.7 Å². The molecule has 2 aromatic carbocycles. The zero-order valence-electron chi connectivity index (χ0n) is 19.1. The molecule has 0 unspecified atom stereocenters. The Balaban J connectivity index is 1.07. The van der Waals surface area contributed by atoms with Crippen LogP contribution < -0.4 is 19.7 Å². The SMILES string of the molecule is O=C(NCc1cccnc1)c1ccc2nc(N3CCN(Cc4ccc5c(c4)OCO5)CC3)sc2c1. The third-order valence-electron chi connectivity index (χ3n) is 6.30. The third-order valence-corrected chi connectivity index (χ3v) is 7.38. The van der Waals surface area contributed by atoms with E-state index in [4.69, 9.17) is 14.5 Å².